The number of primary sulfonamides is 1. The smallest absolute Gasteiger partial charge is 0.238 e. The zero-order chi connectivity index (χ0) is 29.5. The van der Waals surface area contributed by atoms with Gasteiger partial charge < -0.3 is 14.4 Å². The van der Waals surface area contributed by atoms with Crippen LogP contribution < -0.4 is 9.88 Å². The Labute approximate surface area is 254 Å². The molecule has 7 nitrogen and oxygen atoms in total. The lowest BCUT2D eigenvalue weighted by atomic mass is 9.65. The van der Waals surface area contributed by atoms with Crippen molar-refractivity contribution in [2.75, 3.05) is 0 Å². The fraction of sp³-hybridized carbons (Fsp3) is 0.300. The third-order valence-electron chi connectivity index (χ3n) is 7.50. The monoisotopic (exact) mass is 634 g/mol. The maximum absolute atomic E-state index is 11.7. The van der Waals surface area contributed by atoms with Gasteiger partial charge in [0.25, 0.3) is 0 Å². The first-order valence-corrected chi connectivity index (χ1v) is 15.7. The number of rotatable bonds is 10. The van der Waals surface area contributed by atoms with Crippen LogP contribution >= 0.6 is 34.8 Å². The normalized spacial score (nSPS) is 21.7. The van der Waals surface area contributed by atoms with Gasteiger partial charge in [-0.15, -0.1) is 0 Å². The predicted octanol–water partition coefficient (Wildman–Crippen LogP) is 7.48. The molecule has 2 saturated carbocycles. The van der Waals surface area contributed by atoms with Crippen LogP contribution in [-0.4, -0.2) is 18.7 Å². The van der Waals surface area contributed by atoms with Gasteiger partial charge in [0.2, 0.25) is 10.0 Å². The van der Waals surface area contributed by atoms with Crippen LogP contribution in [0.5, 0.6) is 5.75 Å². The first-order chi connectivity index (χ1) is 19.4. The van der Waals surface area contributed by atoms with Crippen LogP contribution in [0.3, 0.4) is 0 Å². The molecular formula is C30H29Cl3N2O5S. The second kappa shape index (κ2) is 11.6. The Morgan fingerprint density at radius 2 is 1.95 bits per heavy atom. The van der Waals surface area contributed by atoms with E-state index in [0.717, 1.165) is 29.7 Å². The van der Waals surface area contributed by atoms with E-state index in [1.807, 2.05) is 6.07 Å². The Bertz CT molecular complexity index is 1660. The van der Waals surface area contributed by atoms with Gasteiger partial charge in [0, 0.05) is 22.1 Å². The summed E-state index contributed by atoms with van der Waals surface area (Å²) in [6.07, 6.45) is 6.00. The number of ether oxygens (including phenoxy) is 1. The summed E-state index contributed by atoms with van der Waals surface area (Å²) in [5.74, 6) is 1.50. The molecule has 3 N–H and O–H groups in total. The van der Waals surface area contributed by atoms with Crippen LogP contribution in [0, 0.1) is 0 Å². The molecule has 2 fully saturated rings. The number of nitrogens with zero attached hydrogens (tertiary/aromatic N) is 1. The summed E-state index contributed by atoms with van der Waals surface area (Å²) in [4.78, 5) is 0.0496. The number of benzene rings is 2. The van der Waals surface area contributed by atoms with Crippen molar-refractivity contribution in [3.8, 4) is 5.75 Å². The van der Waals surface area contributed by atoms with Gasteiger partial charge in [0.15, 0.2) is 0 Å². The van der Waals surface area contributed by atoms with E-state index in [-0.39, 0.29) is 23.3 Å². The van der Waals surface area contributed by atoms with Crippen LogP contribution in [0.15, 0.2) is 80.7 Å². The van der Waals surface area contributed by atoms with E-state index < -0.39 is 15.6 Å². The van der Waals surface area contributed by atoms with E-state index in [1.54, 1.807) is 49.4 Å². The van der Waals surface area contributed by atoms with E-state index in [0.29, 0.717) is 50.5 Å². The van der Waals surface area contributed by atoms with Crippen LogP contribution in [0.1, 0.15) is 72.6 Å². The van der Waals surface area contributed by atoms with Gasteiger partial charge in [-0.2, -0.15) is 0 Å². The number of allylic oxidation sites excluding steroid dienone is 5. The van der Waals surface area contributed by atoms with Gasteiger partial charge in [-0.25, -0.2) is 13.6 Å². The summed E-state index contributed by atoms with van der Waals surface area (Å²) < 4.78 is 35.3. The molecule has 216 valence electrons. The molecule has 0 bridgehead atoms. The zero-order valence-electron chi connectivity index (χ0n) is 22.2. The number of nitrogens with two attached hydrogens (primary N) is 1. The Kier molecular flexibility index (Phi) is 8.45. The van der Waals surface area contributed by atoms with Crippen LogP contribution in [0.2, 0.25) is 5.02 Å². The molecule has 0 radical (unpaired) electrons. The van der Waals surface area contributed by atoms with Crippen molar-refractivity contribution in [2.24, 2.45) is 5.14 Å². The molecular weight excluding hydrogens is 607 g/mol. The highest BCUT2D eigenvalue weighted by atomic mass is 35.5. The van der Waals surface area contributed by atoms with E-state index in [1.165, 1.54) is 6.07 Å². The largest absolute Gasteiger partial charge is 0.489 e. The molecule has 0 unspecified atom stereocenters. The van der Waals surface area contributed by atoms with Gasteiger partial charge in [0.1, 0.15) is 23.8 Å². The number of hydrogen-bond acceptors (Lipinski definition) is 6. The number of aliphatic hydroxyl groups is 1. The highest BCUT2D eigenvalue weighted by Crippen LogP contribution is 2.53. The molecule has 0 spiro atoms. The average Bonchev–Trinajstić information content (AvgIpc) is 3.66. The summed E-state index contributed by atoms with van der Waals surface area (Å²) >= 11 is 19.5. The highest BCUT2D eigenvalue weighted by molar-refractivity contribution is 7.89. The predicted molar refractivity (Wildman–Crippen MR) is 161 cm³/mol. The van der Waals surface area contributed by atoms with E-state index >= 15 is 0 Å². The minimum Gasteiger partial charge on any atom is -0.489 e. The van der Waals surface area contributed by atoms with E-state index in [2.05, 4.69) is 11.7 Å². The highest BCUT2D eigenvalue weighted by Gasteiger charge is 2.46. The molecule has 1 heterocycles. The fourth-order valence-corrected chi connectivity index (χ4v) is 6.70. The second-order valence-corrected chi connectivity index (χ2v) is 13.4. The van der Waals surface area contributed by atoms with Crippen LogP contribution in [0.25, 0.3) is 5.57 Å². The lowest BCUT2D eigenvalue weighted by molar-refractivity contribution is -0.0549. The second-order valence-electron chi connectivity index (χ2n) is 10.5. The molecule has 11 heteroatoms. The number of halogens is 3. The molecule has 2 aliphatic carbocycles. The van der Waals surface area contributed by atoms with Gasteiger partial charge in [-0.3, -0.25) is 0 Å². The number of aromatic nitrogens is 1. The fourth-order valence-electron chi connectivity index (χ4n) is 5.23. The molecule has 0 saturated heterocycles. The van der Waals surface area contributed by atoms with Gasteiger partial charge in [-0.1, -0.05) is 70.8 Å². The van der Waals surface area contributed by atoms with Gasteiger partial charge in [-0.05, 0) is 74.4 Å². The van der Waals surface area contributed by atoms with Gasteiger partial charge in [0.05, 0.1) is 26.1 Å². The van der Waals surface area contributed by atoms with Gasteiger partial charge >= 0.3 is 0 Å². The summed E-state index contributed by atoms with van der Waals surface area (Å²) in [5.41, 5.74) is 2.07. The van der Waals surface area contributed by atoms with Crippen molar-refractivity contribution in [2.45, 2.75) is 61.5 Å². The van der Waals surface area contributed by atoms with Crippen molar-refractivity contribution in [3.63, 3.8) is 0 Å². The third kappa shape index (κ3) is 6.28. The SMILES string of the molecule is C=C/C=C(Cl)\C(=C(/C)Cl)c1noc(C2CC2)c1COc1ccc([C@]2(O)C[C@@H](c3cccc(S(N)(=O)=O)c3)C2)c(Cl)c1. The Morgan fingerprint density at radius 3 is 2.56 bits per heavy atom. The molecule has 2 aromatic carbocycles. The lowest BCUT2D eigenvalue weighted by Gasteiger charge is -2.44. The standard InChI is InChI=1S/C30H29Cl3N2O5S/c1-3-5-25(32)27(17(2)31)28-23(29(40-35-28)18-8-9-18)16-39-21-10-11-24(26(33)13-21)30(36)14-20(15-30)19-6-4-7-22(12-19)41(34,37)38/h3-7,10-13,18,20,36H,1,8-9,14-16H2,2H3,(H2,34,37,38)/b25-5+,27-17-/t20-,30+. The van der Waals surface area contributed by atoms with E-state index in [9.17, 15) is 13.5 Å². The molecule has 2 aliphatic rings. The lowest BCUT2D eigenvalue weighted by Crippen LogP contribution is -2.40. The summed E-state index contributed by atoms with van der Waals surface area (Å²) in [6, 6.07) is 11.7. The summed E-state index contributed by atoms with van der Waals surface area (Å²) in [7, 11) is -3.81. The topological polar surface area (TPSA) is 116 Å². The van der Waals surface area contributed by atoms with Crippen LogP contribution in [-0.2, 0) is 22.2 Å². The quantitative estimate of drug-likeness (QED) is 0.223. The average molecular weight is 636 g/mol. The molecule has 0 atom stereocenters. The molecule has 3 aromatic rings. The minimum atomic E-state index is -3.81. The van der Waals surface area contributed by atoms with Crippen molar-refractivity contribution < 1.29 is 22.8 Å². The van der Waals surface area contributed by atoms with E-state index in [4.69, 9.17) is 49.2 Å². The minimum absolute atomic E-state index is 0.0313. The number of sulfonamides is 1. The maximum atomic E-state index is 11.7. The molecule has 1 aromatic heterocycles. The first kappa shape index (κ1) is 29.9. The molecule has 41 heavy (non-hydrogen) atoms. The van der Waals surface area contributed by atoms with Crippen LogP contribution in [0.4, 0.5) is 0 Å². The Morgan fingerprint density at radius 1 is 1.22 bits per heavy atom. The molecule has 0 amide bonds. The zero-order valence-corrected chi connectivity index (χ0v) is 25.3. The third-order valence-corrected chi connectivity index (χ3v) is 9.23. The maximum Gasteiger partial charge on any atom is 0.238 e. The summed E-state index contributed by atoms with van der Waals surface area (Å²) in [5, 5.41) is 22.1. The Hall–Kier alpha value is -2.59. The van der Waals surface area contributed by atoms with Crippen molar-refractivity contribution in [1.29, 1.82) is 0 Å². The first-order valence-electron chi connectivity index (χ1n) is 13.0. The summed E-state index contributed by atoms with van der Waals surface area (Å²) in [6.45, 7) is 5.59. The Balaban J connectivity index is 1.33. The number of hydrogen-bond donors (Lipinski definition) is 2. The van der Waals surface area contributed by atoms with Crippen molar-refractivity contribution >= 4 is 50.4 Å². The van der Waals surface area contributed by atoms with Crippen molar-refractivity contribution in [3.05, 3.63) is 104 Å². The molecule has 0 aliphatic heterocycles. The molecule has 5 rings (SSSR count). The van der Waals surface area contributed by atoms with Crippen molar-refractivity contribution in [1.82, 2.24) is 5.16 Å².